The second-order valence-electron chi connectivity index (χ2n) is 6.01. The fourth-order valence-electron chi connectivity index (χ4n) is 3.55. The highest BCUT2D eigenvalue weighted by molar-refractivity contribution is 5.69. The number of hydrogen-bond donors (Lipinski definition) is 0. The molecule has 0 aliphatic carbocycles. The highest BCUT2D eigenvalue weighted by atomic mass is 16.6. The molecule has 20 heavy (non-hydrogen) atoms. The molecule has 0 unspecified atom stereocenters. The first-order valence-corrected chi connectivity index (χ1v) is 7.46. The van der Waals surface area contributed by atoms with Crippen molar-refractivity contribution in [2.24, 2.45) is 11.8 Å². The van der Waals surface area contributed by atoms with E-state index >= 15 is 0 Å². The van der Waals surface area contributed by atoms with Crippen LogP contribution in [-0.2, 0) is 15.1 Å². The highest BCUT2D eigenvalue weighted by Crippen LogP contribution is 2.44. The summed E-state index contributed by atoms with van der Waals surface area (Å²) in [4.78, 5) is 14.3. The quantitative estimate of drug-likeness (QED) is 0.794. The molecule has 1 fully saturated rings. The number of esters is 1. The van der Waals surface area contributed by atoms with Gasteiger partial charge in [0.1, 0.15) is 5.60 Å². The van der Waals surface area contributed by atoms with Gasteiger partial charge in [0.25, 0.3) is 0 Å². The minimum Gasteiger partial charge on any atom is -0.453 e. The molecule has 3 heteroatoms. The van der Waals surface area contributed by atoms with Crippen LogP contribution in [0.3, 0.4) is 0 Å². The van der Waals surface area contributed by atoms with Crippen molar-refractivity contribution in [3.05, 3.63) is 35.9 Å². The molecule has 110 valence electrons. The maximum Gasteiger partial charge on any atom is 0.306 e. The lowest BCUT2D eigenvalue weighted by molar-refractivity contribution is -0.185. The van der Waals surface area contributed by atoms with Crippen LogP contribution in [0.1, 0.15) is 32.8 Å². The summed E-state index contributed by atoms with van der Waals surface area (Å²) in [5.41, 5.74) is 0.621. The van der Waals surface area contributed by atoms with Crippen molar-refractivity contribution in [1.29, 1.82) is 0 Å². The van der Waals surface area contributed by atoms with E-state index in [2.05, 4.69) is 37.9 Å². The normalized spacial score (nSPS) is 26.2. The Morgan fingerprint density at radius 3 is 2.30 bits per heavy atom. The summed E-state index contributed by atoms with van der Waals surface area (Å²) in [5, 5.41) is 0. The third-order valence-electron chi connectivity index (χ3n) is 4.43. The van der Waals surface area contributed by atoms with E-state index in [1.807, 2.05) is 25.1 Å². The summed E-state index contributed by atoms with van der Waals surface area (Å²) >= 11 is 0. The average molecular weight is 275 g/mol. The van der Waals surface area contributed by atoms with Gasteiger partial charge < -0.3 is 9.64 Å². The van der Waals surface area contributed by atoms with Crippen molar-refractivity contribution in [3.63, 3.8) is 0 Å². The Morgan fingerprint density at radius 1 is 1.25 bits per heavy atom. The van der Waals surface area contributed by atoms with Crippen LogP contribution in [0.5, 0.6) is 0 Å². The Labute approximate surface area is 121 Å². The van der Waals surface area contributed by atoms with E-state index in [4.69, 9.17) is 4.74 Å². The van der Waals surface area contributed by atoms with E-state index in [1.165, 1.54) is 0 Å². The van der Waals surface area contributed by atoms with Gasteiger partial charge in [-0.2, -0.15) is 0 Å². The first-order valence-electron chi connectivity index (χ1n) is 7.46. The average Bonchev–Trinajstić information content (AvgIpc) is 2.43. The third-order valence-corrected chi connectivity index (χ3v) is 4.43. The first-order chi connectivity index (χ1) is 9.50. The first kappa shape index (κ1) is 15.0. The molecule has 1 aromatic rings. The molecule has 1 aliphatic heterocycles. The number of likely N-dealkylation sites (tertiary alicyclic amines) is 1. The van der Waals surface area contributed by atoms with Crippen LogP contribution in [-0.4, -0.2) is 31.0 Å². The monoisotopic (exact) mass is 275 g/mol. The maximum atomic E-state index is 12.0. The summed E-state index contributed by atoms with van der Waals surface area (Å²) in [6.45, 7) is 8.10. The summed E-state index contributed by atoms with van der Waals surface area (Å²) < 4.78 is 6.02. The Bertz CT molecular complexity index is 445. The Morgan fingerprint density at radius 2 is 1.80 bits per heavy atom. The van der Waals surface area contributed by atoms with Crippen molar-refractivity contribution in [3.8, 4) is 0 Å². The fourth-order valence-corrected chi connectivity index (χ4v) is 3.55. The van der Waals surface area contributed by atoms with E-state index < -0.39 is 5.60 Å². The van der Waals surface area contributed by atoms with Crippen molar-refractivity contribution in [1.82, 2.24) is 4.90 Å². The molecule has 0 bridgehead atoms. The predicted octanol–water partition coefficient (Wildman–Crippen LogP) is 3.05. The number of benzene rings is 1. The van der Waals surface area contributed by atoms with Gasteiger partial charge in [-0.05, 0) is 12.6 Å². The number of ether oxygens (including phenoxy) is 1. The number of piperidine rings is 1. The van der Waals surface area contributed by atoms with Gasteiger partial charge >= 0.3 is 5.97 Å². The van der Waals surface area contributed by atoms with Crippen LogP contribution in [0, 0.1) is 11.8 Å². The van der Waals surface area contributed by atoms with E-state index in [-0.39, 0.29) is 17.8 Å². The molecule has 2 rings (SSSR count). The van der Waals surface area contributed by atoms with Crippen molar-refractivity contribution in [2.75, 3.05) is 20.1 Å². The second-order valence-corrected chi connectivity index (χ2v) is 6.01. The molecule has 0 radical (unpaired) electrons. The summed E-state index contributed by atoms with van der Waals surface area (Å²) in [6, 6.07) is 10.2. The number of carbonyl (C=O) groups excluding carboxylic acids is 1. The van der Waals surface area contributed by atoms with Gasteiger partial charge in [0.2, 0.25) is 0 Å². The van der Waals surface area contributed by atoms with E-state index in [9.17, 15) is 4.79 Å². The van der Waals surface area contributed by atoms with Gasteiger partial charge in [-0.25, -0.2) is 0 Å². The maximum absolute atomic E-state index is 12.0. The van der Waals surface area contributed by atoms with Crippen LogP contribution < -0.4 is 0 Å². The van der Waals surface area contributed by atoms with E-state index in [1.54, 1.807) is 0 Å². The predicted molar refractivity (Wildman–Crippen MR) is 80.3 cm³/mol. The SMILES string of the molecule is CCC(=O)OC1(c2ccccc2)[C@@H](C)CN(C)C[C@@H]1C. The molecule has 0 N–H and O–H groups in total. The minimum atomic E-state index is -0.499. The third kappa shape index (κ3) is 2.59. The van der Waals surface area contributed by atoms with Gasteiger partial charge in [0.15, 0.2) is 0 Å². The fraction of sp³-hybridized carbons (Fsp3) is 0.588. The Kier molecular flexibility index (Phi) is 4.48. The van der Waals surface area contributed by atoms with E-state index in [0.29, 0.717) is 6.42 Å². The molecule has 2 atom stereocenters. The summed E-state index contributed by atoms with van der Waals surface area (Å²) in [5.74, 6) is 0.431. The van der Waals surface area contributed by atoms with Crippen LogP contribution in [0.25, 0.3) is 0 Å². The van der Waals surface area contributed by atoms with Crippen LogP contribution >= 0.6 is 0 Å². The van der Waals surface area contributed by atoms with Gasteiger partial charge in [0, 0.05) is 31.3 Å². The standard InChI is InChI=1S/C17H25NO2/c1-5-16(19)20-17(15-9-7-6-8-10-15)13(2)11-18(4)12-14(17)3/h6-10,13-14H,5,11-12H2,1-4H3/t13-,14-/m0/s1. The molecular formula is C17H25NO2. The lowest BCUT2D eigenvalue weighted by atomic mass is 9.70. The Balaban J connectivity index is 2.45. The zero-order valence-electron chi connectivity index (χ0n) is 12.9. The van der Waals surface area contributed by atoms with E-state index in [0.717, 1.165) is 18.7 Å². The smallest absolute Gasteiger partial charge is 0.306 e. The van der Waals surface area contributed by atoms with Crippen molar-refractivity contribution in [2.45, 2.75) is 32.8 Å². The van der Waals surface area contributed by atoms with Crippen molar-refractivity contribution >= 4 is 5.97 Å². The molecular weight excluding hydrogens is 250 g/mol. The highest BCUT2D eigenvalue weighted by Gasteiger charge is 2.49. The minimum absolute atomic E-state index is 0.114. The molecule has 1 aliphatic rings. The number of nitrogens with zero attached hydrogens (tertiary/aromatic N) is 1. The molecule has 0 aromatic heterocycles. The van der Waals surface area contributed by atoms with Gasteiger partial charge in [-0.3, -0.25) is 4.79 Å². The number of rotatable bonds is 3. The van der Waals surface area contributed by atoms with Gasteiger partial charge in [-0.15, -0.1) is 0 Å². The van der Waals surface area contributed by atoms with Gasteiger partial charge in [-0.1, -0.05) is 51.1 Å². The zero-order chi connectivity index (χ0) is 14.8. The lowest BCUT2D eigenvalue weighted by Gasteiger charge is -2.49. The molecule has 1 aromatic carbocycles. The van der Waals surface area contributed by atoms with Crippen LogP contribution in [0.4, 0.5) is 0 Å². The van der Waals surface area contributed by atoms with Gasteiger partial charge in [0.05, 0.1) is 0 Å². The molecule has 0 spiro atoms. The molecule has 3 nitrogen and oxygen atoms in total. The number of carbonyl (C=O) groups is 1. The topological polar surface area (TPSA) is 29.5 Å². The van der Waals surface area contributed by atoms with Crippen LogP contribution in [0.2, 0.25) is 0 Å². The summed E-state index contributed by atoms with van der Waals surface area (Å²) in [6.07, 6.45) is 0.420. The second kappa shape index (κ2) is 5.96. The molecule has 1 heterocycles. The summed E-state index contributed by atoms with van der Waals surface area (Å²) in [7, 11) is 2.13. The van der Waals surface area contributed by atoms with Crippen LogP contribution in [0.15, 0.2) is 30.3 Å². The van der Waals surface area contributed by atoms with Crippen molar-refractivity contribution < 1.29 is 9.53 Å². The Hall–Kier alpha value is -1.35. The largest absolute Gasteiger partial charge is 0.453 e. The molecule has 1 saturated heterocycles. The molecule has 0 amide bonds. The number of hydrogen-bond acceptors (Lipinski definition) is 3. The lowest BCUT2D eigenvalue weighted by Crippen LogP contribution is -2.55. The zero-order valence-corrected chi connectivity index (χ0v) is 12.9. The molecule has 0 saturated carbocycles.